The molecule has 0 aromatic rings. The molecule has 16 heavy (non-hydrogen) atoms. The SMILES string of the molecule is CCC1(C)CCN(C(=O)NC(=O)CCl)CC1. The molecule has 3 amide bonds. The minimum atomic E-state index is -0.435. The Balaban J connectivity index is 2.42. The van der Waals surface area contributed by atoms with E-state index in [1.165, 1.54) is 0 Å². The van der Waals surface area contributed by atoms with Crippen molar-refractivity contribution in [2.75, 3.05) is 19.0 Å². The molecule has 1 N–H and O–H groups in total. The van der Waals surface area contributed by atoms with Gasteiger partial charge in [-0.15, -0.1) is 11.6 Å². The number of carbonyl (C=O) groups is 2. The van der Waals surface area contributed by atoms with Gasteiger partial charge in [0.1, 0.15) is 5.88 Å². The maximum atomic E-state index is 11.6. The van der Waals surface area contributed by atoms with E-state index in [4.69, 9.17) is 11.6 Å². The maximum absolute atomic E-state index is 11.6. The molecule has 1 saturated heterocycles. The predicted octanol–water partition coefficient (Wildman–Crippen LogP) is 1.97. The first-order valence-corrected chi connectivity index (χ1v) is 6.19. The molecule has 0 aromatic carbocycles. The van der Waals surface area contributed by atoms with E-state index < -0.39 is 5.91 Å². The highest BCUT2D eigenvalue weighted by atomic mass is 35.5. The lowest BCUT2D eigenvalue weighted by Gasteiger charge is -2.38. The van der Waals surface area contributed by atoms with Crippen LogP contribution in [0.1, 0.15) is 33.1 Å². The molecule has 4 nitrogen and oxygen atoms in total. The lowest BCUT2D eigenvalue weighted by molar-refractivity contribution is -0.117. The molecule has 0 radical (unpaired) electrons. The number of halogens is 1. The lowest BCUT2D eigenvalue weighted by atomic mass is 9.78. The minimum Gasteiger partial charge on any atom is -0.324 e. The molecule has 0 unspecified atom stereocenters. The van der Waals surface area contributed by atoms with Gasteiger partial charge in [0, 0.05) is 13.1 Å². The molecule has 1 heterocycles. The number of urea groups is 1. The van der Waals surface area contributed by atoms with Crippen molar-refractivity contribution in [1.29, 1.82) is 0 Å². The smallest absolute Gasteiger partial charge is 0.324 e. The van der Waals surface area contributed by atoms with Gasteiger partial charge in [-0.05, 0) is 18.3 Å². The second-order valence-corrected chi connectivity index (χ2v) is 4.91. The topological polar surface area (TPSA) is 49.4 Å². The number of nitrogens with zero attached hydrogens (tertiary/aromatic N) is 1. The van der Waals surface area contributed by atoms with Crippen molar-refractivity contribution in [3.8, 4) is 0 Å². The Bertz CT molecular complexity index is 273. The lowest BCUT2D eigenvalue weighted by Crippen LogP contribution is -2.48. The zero-order valence-electron chi connectivity index (χ0n) is 9.88. The molecule has 0 atom stereocenters. The number of hydrogen-bond donors (Lipinski definition) is 1. The van der Waals surface area contributed by atoms with Crippen molar-refractivity contribution in [2.24, 2.45) is 5.41 Å². The average molecular weight is 247 g/mol. The summed E-state index contributed by atoms with van der Waals surface area (Å²) in [6.07, 6.45) is 3.11. The fraction of sp³-hybridized carbons (Fsp3) is 0.818. The van der Waals surface area contributed by atoms with Crippen LogP contribution in [0.4, 0.5) is 4.79 Å². The first-order chi connectivity index (χ1) is 7.50. The van der Waals surface area contributed by atoms with Crippen LogP contribution in [0.5, 0.6) is 0 Å². The molecular formula is C11H19ClN2O2. The van der Waals surface area contributed by atoms with Gasteiger partial charge in [0.25, 0.3) is 0 Å². The molecule has 1 aliphatic rings. The van der Waals surface area contributed by atoms with Crippen LogP contribution in [0.25, 0.3) is 0 Å². The van der Waals surface area contributed by atoms with Gasteiger partial charge in [0.2, 0.25) is 5.91 Å². The summed E-state index contributed by atoms with van der Waals surface area (Å²) in [6, 6.07) is -0.316. The van der Waals surface area contributed by atoms with Crippen LogP contribution in [0, 0.1) is 5.41 Å². The molecule has 1 fully saturated rings. The van der Waals surface area contributed by atoms with E-state index in [9.17, 15) is 9.59 Å². The van der Waals surface area contributed by atoms with Crippen molar-refractivity contribution in [1.82, 2.24) is 10.2 Å². The van der Waals surface area contributed by atoms with Gasteiger partial charge in [0.15, 0.2) is 0 Å². The number of alkyl halides is 1. The van der Waals surface area contributed by atoms with Crippen LogP contribution in [0.3, 0.4) is 0 Å². The third-order valence-corrected chi connectivity index (χ3v) is 3.72. The second kappa shape index (κ2) is 5.53. The highest BCUT2D eigenvalue weighted by Gasteiger charge is 2.30. The Morgan fingerprint density at radius 2 is 1.94 bits per heavy atom. The van der Waals surface area contributed by atoms with Gasteiger partial charge in [-0.25, -0.2) is 4.79 Å². The fourth-order valence-electron chi connectivity index (χ4n) is 1.83. The van der Waals surface area contributed by atoms with Crippen molar-refractivity contribution >= 4 is 23.5 Å². The molecule has 0 spiro atoms. The number of piperidine rings is 1. The first kappa shape index (κ1) is 13.3. The zero-order chi connectivity index (χ0) is 12.2. The monoisotopic (exact) mass is 246 g/mol. The van der Waals surface area contributed by atoms with E-state index in [0.717, 1.165) is 19.3 Å². The molecule has 0 bridgehead atoms. The van der Waals surface area contributed by atoms with E-state index >= 15 is 0 Å². The molecule has 0 aliphatic carbocycles. The number of nitrogens with one attached hydrogen (secondary N) is 1. The van der Waals surface area contributed by atoms with Gasteiger partial charge >= 0.3 is 6.03 Å². The highest BCUT2D eigenvalue weighted by Crippen LogP contribution is 2.33. The maximum Gasteiger partial charge on any atom is 0.324 e. The summed E-state index contributed by atoms with van der Waals surface area (Å²) in [6.45, 7) is 5.84. The Labute approximate surface area is 101 Å². The van der Waals surface area contributed by atoms with Crippen LogP contribution >= 0.6 is 11.6 Å². The Kier molecular flexibility index (Phi) is 4.59. The molecule has 0 saturated carbocycles. The quantitative estimate of drug-likeness (QED) is 0.758. The van der Waals surface area contributed by atoms with Gasteiger partial charge < -0.3 is 4.90 Å². The van der Waals surface area contributed by atoms with E-state index in [1.54, 1.807) is 4.90 Å². The summed E-state index contributed by atoms with van der Waals surface area (Å²) in [5, 5.41) is 2.26. The van der Waals surface area contributed by atoms with Crippen LogP contribution in [-0.2, 0) is 4.79 Å². The predicted molar refractivity (Wildman–Crippen MR) is 63.5 cm³/mol. The van der Waals surface area contributed by atoms with Crippen LogP contribution in [0.15, 0.2) is 0 Å². The molecule has 0 aromatic heterocycles. The highest BCUT2D eigenvalue weighted by molar-refractivity contribution is 6.28. The third kappa shape index (κ3) is 3.37. The summed E-state index contributed by atoms with van der Waals surface area (Å²) in [7, 11) is 0. The number of likely N-dealkylation sites (tertiary alicyclic amines) is 1. The van der Waals surface area contributed by atoms with E-state index in [2.05, 4.69) is 19.2 Å². The Morgan fingerprint density at radius 1 is 1.38 bits per heavy atom. The Morgan fingerprint density at radius 3 is 2.38 bits per heavy atom. The first-order valence-electron chi connectivity index (χ1n) is 5.65. The molecule has 1 rings (SSSR count). The van der Waals surface area contributed by atoms with Crippen molar-refractivity contribution in [2.45, 2.75) is 33.1 Å². The summed E-state index contributed by atoms with van der Waals surface area (Å²) in [4.78, 5) is 24.2. The number of amides is 3. The van der Waals surface area contributed by atoms with Gasteiger partial charge in [-0.2, -0.15) is 0 Å². The minimum absolute atomic E-state index is 0.174. The van der Waals surface area contributed by atoms with Crippen molar-refractivity contribution in [3.63, 3.8) is 0 Å². The summed E-state index contributed by atoms with van der Waals surface area (Å²) < 4.78 is 0. The van der Waals surface area contributed by atoms with Gasteiger partial charge in [-0.3, -0.25) is 10.1 Å². The summed E-state index contributed by atoms with van der Waals surface area (Å²) in [5.41, 5.74) is 0.341. The number of rotatable bonds is 2. The number of hydrogen-bond acceptors (Lipinski definition) is 2. The number of carbonyl (C=O) groups excluding carboxylic acids is 2. The van der Waals surface area contributed by atoms with Crippen LogP contribution in [0.2, 0.25) is 0 Å². The largest absolute Gasteiger partial charge is 0.324 e. The third-order valence-electron chi connectivity index (χ3n) is 3.48. The van der Waals surface area contributed by atoms with E-state index in [-0.39, 0.29) is 11.9 Å². The van der Waals surface area contributed by atoms with Crippen molar-refractivity contribution in [3.05, 3.63) is 0 Å². The van der Waals surface area contributed by atoms with E-state index in [0.29, 0.717) is 18.5 Å². The van der Waals surface area contributed by atoms with Crippen LogP contribution in [-0.4, -0.2) is 35.8 Å². The normalized spacial score (nSPS) is 19.3. The fourth-order valence-corrected chi connectivity index (χ4v) is 1.90. The standard InChI is InChI=1S/C11H19ClN2O2/c1-3-11(2)4-6-14(7-5-11)10(16)13-9(15)8-12/h3-8H2,1-2H3,(H,13,15,16). The van der Waals surface area contributed by atoms with Gasteiger partial charge in [-0.1, -0.05) is 20.3 Å². The van der Waals surface area contributed by atoms with Crippen molar-refractivity contribution < 1.29 is 9.59 Å². The molecule has 5 heteroatoms. The van der Waals surface area contributed by atoms with E-state index in [1.807, 2.05) is 0 Å². The van der Waals surface area contributed by atoms with Crippen LogP contribution < -0.4 is 5.32 Å². The zero-order valence-corrected chi connectivity index (χ0v) is 10.6. The Hall–Kier alpha value is -0.770. The summed E-state index contributed by atoms with van der Waals surface area (Å²) >= 11 is 5.32. The molecular weight excluding hydrogens is 228 g/mol. The summed E-state index contributed by atoms with van der Waals surface area (Å²) in [5.74, 6) is -0.609. The van der Waals surface area contributed by atoms with Gasteiger partial charge in [0.05, 0.1) is 0 Å². The number of imide groups is 1. The molecule has 92 valence electrons. The average Bonchev–Trinajstić information content (AvgIpc) is 2.29. The molecule has 1 aliphatic heterocycles. The second-order valence-electron chi connectivity index (χ2n) is 4.64.